The number of amides is 1. The molecule has 0 aromatic carbocycles. The van der Waals surface area contributed by atoms with Gasteiger partial charge in [0.2, 0.25) is 5.91 Å². The van der Waals surface area contributed by atoms with Crippen LogP contribution in [0.3, 0.4) is 0 Å². The molecule has 0 aliphatic carbocycles. The number of hydrogen-bond acceptors (Lipinski definition) is 2. The quantitative estimate of drug-likeness (QED) is 0.684. The van der Waals surface area contributed by atoms with Gasteiger partial charge in [0.25, 0.3) is 0 Å². The molecule has 3 N–H and O–H groups in total. The van der Waals surface area contributed by atoms with Crippen molar-refractivity contribution in [2.24, 2.45) is 5.92 Å². The molecule has 2 heterocycles. The highest BCUT2D eigenvalue weighted by Crippen LogP contribution is 2.11. The topological polar surface area (TPSA) is 56.9 Å². The third-order valence-corrected chi connectivity index (χ3v) is 3.03. The Morgan fingerprint density at radius 3 is 3.19 bits per heavy atom. The highest BCUT2D eigenvalue weighted by molar-refractivity contribution is 5.76. The lowest BCUT2D eigenvalue weighted by Crippen LogP contribution is -2.28. The summed E-state index contributed by atoms with van der Waals surface area (Å²) in [7, 11) is 0. The van der Waals surface area contributed by atoms with E-state index in [4.69, 9.17) is 0 Å². The number of carbonyl (C=O) groups excluding carboxylic acids is 1. The van der Waals surface area contributed by atoms with Crippen LogP contribution in [0.15, 0.2) is 18.5 Å². The zero-order chi connectivity index (χ0) is 11.2. The van der Waals surface area contributed by atoms with Gasteiger partial charge < -0.3 is 15.6 Å². The molecule has 0 radical (unpaired) electrons. The highest BCUT2D eigenvalue weighted by Gasteiger charge is 2.17. The monoisotopic (exact) mass is 221 g/mol. The first-order chi connectivity index (χ1) is 7.84. The fourth-order valence-electron chi connectivity index (χ4n) is 2.08. The van der Waals surface area contributed by atoms with Crippen molar-refractivity contribution in [3.05, 3.63) is 24.0 Å². The predicted molar refractivity (Wildman–Crippen MR) is 63.1 cm³/mol. The van der Waals surface area contributed by atoms with Crippen LogP contribution in [0.25, 0.3) is 0 Å². The Balaban J connectivity index is 1.60. The zero-order valence-electron chi connectivity index (χ0n) is 9.46. The van der Waals surface area contributed by atoms with Crippen LogP contribution in [0.2, 0.25) is 0 Å². The average Bonchev–Trinajstić information content (AvgIpc) is 2.90. The molecule has 0 bridgehead atoms. The normalized spacial score (nSPS) is 19.9. The van der Waals surface area contributed by atoms with E-state index in [0.29, 0.717) is 12.3 Å². The lowest BCUT2D eigenvalue weighted by Gasteiger charge is -2.08. The van der Waals surface area contributed by atoms with Gasteiger partial charge in [-0.05, 0) is 43.5 Å². The van der Waals surface area contributed by atoms with Crippen molar-refractivity contribution in [3.8, 4) is 0 Å². The molecular formula is C12H19N3O. The number of H-pyrrole nitrogens is 1. The van der Waals surface area contributed by atoms with Gasteiger partial charge in [0, 0.05) is 25.4 Å². The number of nitrogens with one attached hydrogen (secondary N) is 3. The maximum Gasteiger partial charge on any atom is 0.220 e. The molecule has 1 unspecified atom stereocenters. The molecule has 4 heteroatoms. The van der Waals surface area contributed by atoms with E-state index in [9.17, 15) is 4.79 Å². The van der Waals surface area contributed by atoms with Gasteiger partial charge in [-0.2, -0.15) is 0 Å². The lowest BCUT2D eigenvalue weighted by molar-refractivity contribution is -0.121. The fraction of sp³-hybridized carbons (Fsp3) is 0.583. The summed E-state index contributed by atoms with van der Waals surface area (Å²) in [5.74, 6) is 0.719. The van der Waals surface area contributed by atoms with Crippen LogP contribution < -0.4 is 10.6 Å². The van der Waals surface area contributed by atoms with Crippen molar-refractivity contribution in [2.45, 2.75) is 19.3 Å². The van der Waals surface area contributed by atoms with E-state index in [1.165, 1.54) is 5.56 Å². The van der Waals surface area contributed by atoms with Crippen molar-refractivity contribution in [2.75, 3.05) is 19.6 Å². The first-order valence-corrected chi connectivity index (χ1v) is 5.93. The Morgan fingerprint density at radius 2 is 2.50 bits per heavy atom. The first-order valence-electron chi connectivity index (χ1n) is 5.93. The van der Waals surface area contributed by atoms with Gasteiger partial charge in [-0.25, -0.2) is 0 Å². The molecule has 0 saturated carbocycles. The first kappa shape index (κ1) is 11.2. The summed E-state index contributed by atoms with van der Waals surface area (Å²) >= 11 is 0. The van der Waals surface area contributed by atoms with E-state index in [-0.39, 0.29) is 5.91 Å². The molecule has 4 nitrogen and oxygen atoms in total. The second-order valence-electron chi connectivity index (χ2n) is 4.38. The maximum absolute atomic E-state index is 11.6. The van der Waals surface area contributed by atoms with Gasteiger partial charge in [-0.15, -0.1) is 0 Å². The average molecular weight is 221 g/mol. The molecule has 2 rings (SSSR count). The largest absolute Gasteiger partial charge is 0.367 e. The van der Waals surface area contributed by atoms with Crippen LogP contribution in [0.5, 0.6) is 0 Å². The summed E-state index contributed by atoms with van der Waals surface area (Å²) in [4.78, 5) is 14.6. The highest BCUT2D eigenvalue weighted by atomic mass is 16.1. The van der Waals surface area contributed by atoms with Gasteiger partial charge >= 0.3 is 0 Å². The van der Waals surface area contributed by atoms with Crippen molar-refractivity contribution in [1.29, 1.82) is 0 Å². The van der Waals surface area contributed by atoms with Gasteiger partial charge in [-0.1, -0.05) is 0 Å². The lowest BCUT2D eigenvalue weighted by atomic mass is 10.0. The molecule has 1 aliphatic heterocycles. The van der Waals surface area contributed by atoms with Crippen LogP contribution in [0.4, 0.5) is 0 Å². The molecule has 88 valence electrons. The summed E-state index contributed by atoms with van der Waals surface area (Å²) in [5, 5.41) is 6.24. The van der Waals surface area contributed by atoms with E-state index in [0.717, 1.165) is 32.5 Å². The van der Waals surface area contributed by atoms with Crippen molar-refractivity contribution in [3.63, 3.8) is 0 Å². The van der Waals surface area contributed by atoms with E-state index >= 15 is 0 Å². The zero-order valence-corrected chi connectivity index (χ0v) is 9.46. The van der Waals surface area contributed by atoms with E-state index < -0.39 is 0 Å². The van der Waals surface area contributed by atoms with Crippen LogP contribution >= 0.6 is 0 Å². The van der Waals surface area contributed by atoms with Gasteiger partial charge in [-0.3, -0.25) is 4.79 Å². The van der Waals surface area contributed by atoms with Crippen molar-refractivity contribution < 1.29 is 4.79 Å². The van der Waals surface area contributed by atoms with Crippen LogP contribution in [0, 0.1) is 5.92 Å². The summed E-state index contributed by atoms with van der Waals surface area (Å²) in [5.41, 5.74) is 1.24. The Kier molecular flexibility index (Phi) is 3.99. The smallest absolute Gasteiger partial charge is 0.220 e. The summed E-state index contributed by atoms with van der Waals surface area (Å²) in [6.45, 7) is 2.78. The van der Waals surface area contributed by atoms with Crippen molar-refractivity contribution in [1.82, 2.24) is 15.6 Å². The molecule has 1 aliphatic rings. The Morgan fingerprint density at radius 1 is 1.56 bits per heavy atom. The van der Waals surface area contributed by atoms with E-state index in [2.05, 4.69) is 15.6 Å². The molecule has 1 fully saturated rings. The molecule has 1 amide bonds. The minimum Gasteiger partial charge on any atom is -0.367 e. The number of aromatic amines is 1. The summed E-state index contributed by atoms with van der Waals surface area (Å²) < 4.78 is 0. The Hall–Kier alpha value is -1.29. The van der Waals surface area contributed by atoms with E-state index in [1.807, 2.05) is 18.5 Å². The third kappa shape index (κ3) is 3.38. The summed E-state index contributed by atoms with van der Waals surface area (Å²) in [6.07, 6.45) is 6.57. The minimum absolute atomic E-state index is 0.184. The molecular weight excluding hydrogens is 202 g/mol. The summed E-state index contributed by atoms with van der Waals surface area (Å²) in [6, 6.07) is 2.03. The van der Waals surface area contributed by atoms with Gasteiger partial charge in [0.1, 0.15) is 0 Å². The van der Waals surface area contributed by atoms with E-state index in [1.54, 1.807) is 0 Å². The number of hydrogen-bond donors (Lipinski definition) is 3. The predicted octanol–water partition coefficient (Wildman–Crippen LogP) is 0.673. The minimum atomic E-state index is 0.184. The maximum atomic E-state index is 11.6. The third-order valence-electron chi connectivity index (χ3n) is 3.03. The number of aromatic nitrogens is 1. The second kappa shape index (κ2) is 5.70. The number of carbonyl (C=O) groups is 1. The standard InChI is InChI=1S/C12H19N3O/c16-12(7-11-2-5-14-9-11)15-6-3-10-1-4-13-8-10/h1,4,8,11,13-14H,2-3,5-7,9H2,(H,15,16). The Bertz CT molecular complexity index is 315. The van der Waals surface area contributed by atoms with Gasteiger partial charge in [0.15, 0.2) is 0 Å². The fourth-order valence-corrected chi connectivity index (χ4v) is 2.08. The molecule has 1 aromatic rings. The molecule has 0 spiro atoms. The SMILES string of the molecule is O=C(CC1CCNC1)NCCc1cc[nH]c1. The van der Waals surface area contributed by atoms with Crippen molar-refractivity contribution >= 4 is 5.91 Å². The van der Waals surface area contributed by atoms with Crippen LogP contribution in [0.1, 0.15) is 18.4 Å². The molecule has 1 aromatic heterocycles. The molecule has 1 saturated heterocycles. The second-order valence-corrected chi connectivity index (χ2v) is 4.38. The molecule has 16 heavy (non-hydrogen) atoms. The van der Waals surface area contributed by atoms with Gasteiger partial charge in [0.05, 0.1) is 0 Å². The van der Waals surface area contributed by atoms with Crippen LogP contribution in [-0.2, 0) is 11.2 Å². The number of rotatable bonds is 5. The Labute approximate surface area is 95.8 Å². The van der Waals surface area contributed by atoms with Crippen LogP contribution in [-0.4, -0.2) is 30.5 Å². The molecule has 1 atom stereocenters.